The second-order valence-electron chi connectivity index (χ2n) is 5.56. The average molecular weight is 369 g/mol. The fourth-order valence-corrected chi connectivity index (χ4v) is 3.47. The van der Waals surface area contributed by atoms with E-state index in [1.165, 1.54) is 19.2 Å². The van der Waals surface area contributed by atoms with Gasteiger partial charge >= 0.3 is 0 Å². The molecule has 3 aromatic carbocycles. The lowest BCUT2D eigenvalue weighted by atomic mass is 10.2. The van der Waals surface area contributed by atoms with Crippen LogP contribution in [0.25, 0.3) is 0 Å². The highest BCUT2D eigenvalue weighted by Gasteiger charge is 2.15. The standard InChI is InChI=1S/C20H19NO4S/c1-24-20-14-17(21-26(22,23)18-10-6-3-7-11-18)12-13-19(20)25-15-16-8-4-2-5-9-16/h2-14,21H,15H2,1H3. The van der Waals surface area contributed by atoms with E-state index in [1.54, 1.807) is 36.4 Å². The van der Waals surface area contributed by atoms with Crippen molar-refractivity contribution in [1.82, 2.24) is 0 Å². The molecular formula is C20H19NO4S. The zero-order valence-electron chi connectivity index (χ0n) is 14.3. The quantitative estimate of drug-likeness (QED) is 0.682. The second-order valence-corrected chi connectivity index (χ2v) is 7.24. The van der Waals surface area contributed by atoms with Gasteiger partial charge in [-0.1, -0.05) is 48.5 Å². The third-order valence-electron chi connectivity index (χ3n) is 3.71. The Morgan fingerprint density at radius 1 is 0.846 bits per heavy atom. The van der Waals surface area contributed by atoms with Gasteiger partial charge < -0.3 is 9.47 Å². The summed E-state index contributed by atoms with van der Waals surface area (Å²) in [4.78, 5) is 0.198. The molecule has 0 aromatic heterocycles. The predicted molar refractivity (Wildman–Crippen MR) is 101 cm³/mol. The Morgan fingerprint density at radius 2 is 1.50 bits per heavy atom. The fourth-order valence-electron chi connectivity index (χ4n) is 2.40. The van der Waals surface area contributed by atoms with Crippen LogP contribution in [0.1, 0.15) is 5.56 Å². The molecule has 0 atom stereocenters. The van der Waals surface area contributed by atoms with Crippen LogP contribution in [0.4, 0.5) is 5.69 Å². The van der Waals surface area contributed by atoms with E-state index in [0.29, 0.717) is 23.8 Å². The number of sulfonamides is 1. The normalized spacial score (nSPS) is 11.0. The van der Waals surface area contributed by atoms with Gasteiger partial charge in [-0.15, -0.1) is 0 Å². The molecule has 0 unspecified atom stereocenters. The molecule has 0 spiro atoms. The molecule has 0 saturated carbocycles. The van der Waals surface area contributed by atoms with Crippen LogP contribution in [0.5, 0.6) is 11.5 Å². The van der Waals surface area contributed by atoms with E-state index in [0.717, 1.165) is 5.56 Å². The SMILES string of the molecule is COc1cc(NS(=O)(=O)c2ccccc2)ccc1OCc1ccccc1. The Labute approximate surface area is 153 Å². The van der Waals surface area contributed by atoms with E-state index in [9.17, 15) is 8.42 Å². The highest BCUT2D eigenvalue weighted by molar-refractivity contribution is 7.92. The molecule has 0 fully saturated rings. The molecular weight excluding hydrogens is 350 g/mol. The maximum Gasteiger partial charge on any atom is 0.261 e. The minimum atomic E-state index is -3.65. The first-order chi connectivity index (χ1) is 12.6. The molecule has 3 rings (SSSR count). The summed E-state index contributed by atoms with van der Waals surface area (Å²) in [6.45, 7) is 0.395. The zero-order valence-corrected chi connectivity index (χ0v) is 15.1. The van der Waals surface area contributed by atoms with Gasteiger partial charge in [-0.3, -0.25) is 4.72 Å². The molecule has 0 heterocycles. The average Bonchev–Trinajstić information content (AvgIpc) is 2.68. The topological polar surface area (TPSA) is 64.6 Å². The van der Waals surface area contributed by atoms with Crippen LogP contribution in [0.3, 0.4) is 0 Å². The van der Waals surface area contributed by atoms with Gasteiger partial charge in [0.2, 0.25) is 0 Å². The molecule has 5 nitrogen and oxygen atoms in total. The molecule has 0 amide bonds. The van der Waals surface area contributed by atoms with E-state index in [1.807, 2.05) is 30.3 Å². The summed E-state index contributed by atoms with van der Waals surface area (Å²) in [6.07, 6.45) is 0. The molecule has 0 aliphatic carbocycles. The maximum atomic E-state index is 12.4. The van der Waals surface area contributed by atoms with Gasteiger partial charge in [0, 0.05) is 6.07 Å². The first-order valence-electron chi connectivity index (χ1n) is 8.01. The van der Waals surface area contributed by atoms with Crippen LogP contribution in [-0.4, -0.2) is 15.5 Å². The molecule has 0 aliphatic heterocycles. The smallest absolute Gasteiger partial charge is 0.261 e. The van der Waals surface area contributed by atoms with E-state index in [4.69, 9.17) is 9.47 Å². The summed E-state index contributed by atoms with van der Waals surface area (Å²) in [6, 6.07) is 22.9. The Hall–Kier alpha value is -2.99. The fraction of sp³-hybridized carbons (Fsp3) is 0.100. The van der Waals surface area contributed by atoms with Crippen molar-refractivity contribution in [3.63, 3.8) is 0 Å². The van der Waals surface area contributed by atoms with Crippen molar-refractivity contribution in [3.8, 4) is 11.5 Å². The lowest BCUT2D eigenvalue weighted by molar-refractivity contribution is 0.284. The summed E-state index contributed by atoms with van der Waals surface area (Å²) in [5.74, 6) is 0.994. The van der Waals surface area contributed by atoms with Crippen molar-refractivity contribution in [2.45, 2.75) is 11.5 Å². The molecule has 0 aliphatic rings. The highest BCUT2D eigenvalue weighted by atomic mass is 32.2. The summed E-state index contributed by atoms with van der Waals surface area (Å²) >= 11 is 0. The van der Waals surface area contributed by atoms with E-state index in [-0.39, 0.29) is 4.90 Å². The van der Waals surface area contributed by atoms with E-state index in [2.05, 4.69) is 4.72 Å². The van der Waals surface area contributed by atoms with Crippen LogP contribution in [-0.2, 0) is 16.6 Å². The van der Waals surface area contributed by atoms with Gasteiger partial charge in [0.15, 0.2) is 11.5 Å². The highest BCUT2D eigenvalue weighted by Crippen LogP contribution is 2.31. The maximum absolute atomic E-state index is 12.4. The molecule has 134 valence electrons. The van der Waals surface area contributed by atoms with Crippen LogP contribution in [0.2, 0.25) is 0 Å². The van der Waals surface area contributed by atoms with Crippen molar-refractivity contribution in [2.24, 2.45) is 0 Å². The number of hydrogen-bond donors (Lipinski definition) is 1. The number of ether oxygens (including phenoxy) is 2. The molecule has 0 saturated heterocycles. The number of methoxy groups -OCH3 is 1. The Kier molecular flexibility index (Phi) is 5.43. The van der Waals surface area contributed by atoms with Crippen LogP contribution in [0, 0.1) is 0 Å². The third-order valence-corrected chi connectivity index (χ3v) is 5.10. The molecule has 1 N–H and O–H groups in total. The van der Waals surface area contributed by atoms with Gasteiger partial charge in [-0.2, -0.15) is 0 Å². The van der Waals surface area contributed by atoms with Gasteiger partial charge in [0.05, 0.1) is 17.7 Å². The van der Waals surface area contributed by atoms with Crippen molar-refractivity contribution in [2.75, 3.05) is 11.8 Å². The lowest BCUT2D eigenvalue weighted by Gasteiger charge is -2.13. The molecule has 3 aromatic rings. The summed E-state index contributed by atoms with van der Waals surface area (Å²) in [5, 5.41) is 0. The monoisotopic (exact) mass is 369 g/mol. The van der Waals surface area contributed by atoms with Crippen LogP contribution < -0.4 is 14.2 Å². The number of nitrogens with one attached hydrogen (secondary N) is 1. The summed E-state index contributed by atoms with van der Waals surface area (Å²) < 4.78 is 38.5. The van der Waals surface area contributed by atoms with Gasteiger partial charge in [-0.05, 0) is 29.8 Å². The molecule has 26 heavy (non-hydrogen) atoms. The summed E-state index contributed by atoms with van der Waals surface area (Å²) in [5.41, 5.74) is 1.43. The lowest BCUT2D eigenvalue weighted by Crippen LogP contribution is -2.12. The number of anilines is 1. The van der Waals surface area contributed by atoms with Gasteiger partial charge in [0.1, 0.15) is 6.61 Å². The first-order valence-corrected chi connectivity index (χ1v) is 9.49. The van der Waals surface area contributed by atoms with Crippen molar-refractivity contribution in [3.05, 3.63) is 84.4 Å². The van der Waals surface area contributed by atoms with Crippen LogP contribution in [0.15, 0.2) is 83.8 Å². The minimum Gasteiger partial charge on any atom is -0.493 e. The van der Waals surface area contributed by atoms with Crippen molar-refractivity contribution in [1.29, 1.82) is 0 Å². The Balaban J connectivity index is 1.76. The zero-order chi connectivity index (χ0) is 18.4. The number of hydrogen-bond acceptors (Lipinski definition) is 4. The number of benzene rings is 3. The van der Waals surface area contributed by atoms with Gasteiger partial charge in [-0.25, -0.2) is 8.42 Å². The largest absolute Gasteiger partial charge is 0.493 e. The van der Waals surface area contributed by atoms with Crippen molar-refractivity contribution < 1.29 is 17.9 Å². The Morgan fingerprint density at radius 3 is 2.15 bits per heavy atom. The second kappa shape index (κ2) is 7.93. The molecule has 0 radical (unpaired) electrons. The molecule has 0 bridgehead atoms. The predicted octanol–water partition coefficient (Wildman–Crippen LogP) is 4.08. The van der Waals surface area contributed by atoms with E-state index >= 15 is 0 Å². The van der Waals surface area contributed by atoms with E-state index < -0.39 is 10.0 Å². The van der Waals surface area contributed by atoms with Crippen LogP contribution >= 0.6 is 0 Å². The number of rotatable bonds is 7. The minimum absolute atomic E-state index is 0.198. The third kappa shape index (κ3) is 4.34. The van der Waals surface area contributed by atoms with Crippen molar-refractivity contribution >= 4 is 15.7 Å². The Bertz CT molecular complexity index is 958. The first kappa shape index (κ1) is 17.8. The van der Waals surface area contributed by atoms with Gasteiger partial charge in [0.25, 0.3) is 10.0 Å². The molecule has 6 heteroatoms. The summed E-state index contributed by atoms with van der Waals surface area (Å²) in [7, 11) is -2.14.